The Bertz CT molecular complexity index is 592. The van der Waals surface area contributed by atoms with Crippen LogP contribution < -0.4 is 5.32 Å². The zero-order valence-corrected chi connectivity index (χ0v) is 12.1. The second-order valence-corrected chi connectivity index (χ2v) is 6.70. The Hall–Kier alpha value is -1.40. The molecule has 2 aromatic rings. The average molecular weight is 294 g/mol. The van der Waals surface area contributed by atoms with Gasteiger partial charge in [-0.1, -0.05) is 6.07 Å². The zero-order chi connectivity index (χ0) is 13.4. The van der Waals surface area contributed by atoms with Gasteiger partial charge in [0.2, 0.25) is 0 Å². The first-order valence-corrected chi connectivity index (χ1v) is 7.87. The normalized spacial score (nSPS) is 19.1. The number of nitrogens with one attached hydrogen (secondary N) is 1. The van der Waals surface area contributed by atoms with Crippen molar-refractivity contribution < 1.29 is 9.90 Å². The van der Waals surface area contributed by atoms with E-state index in [1.54, 1.807) is 22.7 Å². The van der Waals surface area contributed by atoms with Crippen LogP contribution in [-0.4, -0.2) is 16.1 Å². The van der Waals surface area contributed by atoms with Crippen molar-refractivity contribution in [1.82, 2.24) is 4.98 Å². The lowest BCUT2D eigenvalue weighted by Gasteiger charge is -2.10. The molecule has 0 aliphatic heterocycles. The number of rotatable bonds is 4. The number of carboxylic acid groups (broad SMARTS) is 1. The number of carbonyl (C=O) groups is 1. The number of thiazole rings is 1. The molecule has 2 unspecified atom stereocenters. The van der Waals surface area contributed by atoms with Crippen LogP contribution in [0.15, 0.2) is 17.5 Å². The largest absolute Gasteiger partial charge is 0.481 e. The molecule has 6 heteroatoms. The van der Waals surface area contributed by atoms with E-state index < -0.39 is 11.9 Å². The molecule has 19 heavy (non-hydrogen) atoms. The van der Waals surface area contributed by atoms with Crippen LogP contribution in [0.25, 0.3) is 0 Å². The quantitative estimate of drug-likeness (QED) is 0.906. The summed E-state index contributed by atoms with van der Waals surface area (Å²) in [5.41, 5.74) is 0.762. The van der Waals surface area contributed by atoms with Gasteiger partial charge in [0.15, 0.2) is 5.13 Å². The summed E-state index contributed by atoms with van der Waals surface area (Å²) in [7, 11) is 0. The van der Waals surface area contributed by atoms with E-state index in [2.05, 4.69) is 28.7 Å². The molecule has 0 amide bonds. The SMILES string of the molecule is CC(Nc1nc2c(s1)CCC2C(=O)O)c1cccs1. The maximum Gasteiger partial charge on any atom is 0.312 e. The van der Waals surface area contributed by atoms with Gasteiger partial charge in [-0.25, -0.2) is 4.98 Å². The first kappa shape index (κ1) is 12.6. The highest BCUT2D eigenvalue weighted by Crippen LogP contribution is 2.39. The van der Waals surface area contributed by atoms with Gasteiger partial charge in [-0.2, -0.15) is 0 Å². The van der Waals surface area contributed by atoms with Crippen molar-refractivity contribution in [3.8, 4) is 0 Å². The molecule has 2 N–H and O–H groups in total. The monoisotopic (exact) mass is 294 g/mol. The number of hydrogen-bond donors (Lipinski definition) is 2. The summed E-state index contributed by atoms with van der Waals surface area (Å²) in [5, 5.41) is 15.4. The summed E-state index contributed by atoms with van der Waals surface area (Å²) >= 11 is 3.29. The van der Waals surface area contributed by atoms with Gasteiger partial charge in [0.1, 0.15) is 5.92 Å². The van der Waals surface area contributed by atoms with Crippen LogP contribution in [0.2, 0.25) is 0 Å². The summed E-state index contributed by atoms with van der Waals surface area (Å²) in [6, 6.07) is 4.32. The van der Waals surface area contributed by atoms with Gasteiger partial charge in [0.25, 0.3) is 0 Å². The molecule has 0 radical (unpaired) electrons. The number of fused-ring (bicyclic) bond motifs is 1. The van der Waals surface area contributed by atoms with E-state index in [1.807, 2.05) is 6.07 Å². The maximum absolute atomic E-state index is 11.1. The average Bonchev–Trinajstić information content (AvgIpc) is 3.03. The van der Waals surface area contributed by atoms with Crippen LogP contribution in [0.3, 0.4) is 0 Å². The minimum absolute atomic E-state index is 0.203. The Morgan fingerprint density at radius 2 is 2.47 bits per heavy atom. The Balaban J connectivity index is 1.77. The minimum Gasteiger partial charge on any atom is -0.481 e. The topological polar surface area (TPSA) is 62.2 Å². The number of aromatic nitrogens is 1. The third-order valence-corrected chi connectivity index (χ3v) is 5.44. The van der Waals surface area contributed by atoms with Crippen LogP contribution in [0.1, 0.15) is 40.8 Å². The van der Waals surface area contributed by atoms with Crippen molar-refractivity contribution in [2.45, 2.75) is 31.7 Å². The molecule has 1 aliphatic rings. The van der Waals surface area contributed by atoms with Crippen molar-refractivity contribution in [3.05, 3.63) is 33.0 Å². The molecule has 0 saturated carbocycles. The lowest BCUT2D eigenvalue weighted by Crippen LogP contribution is -2.09. The van der Waals surface area contributed by atoms with Gasteiger partial charge >= 0.3 is 5.97 Å². The Morgan fingerprint density at radius 3 is 3.16 bits per heavy atom. The van der Waals surface area contributed by atoms with E-state index >= 15 is 0 Å². The fourth-order valence-corrected chi connectivity index (χ4v) is 4.18. The van der Waals surface area contributed by atoms with E-state index in [0.29, 0.717) is 6.42 Å². The van der Waals surface area contributed by atoms with Crippen LogP contribution in [0.5, 0.6) is 0 Å². The molecule has 4 nitrogen and oxygen atoms in total. The van der Waals surface area contributed by atoms with E-state index in [1.165, 1.54) is 4.88 Å². The molecule has 0 aromatic carbocycles. The summed E-state index contributed by atoms with van der Waals surface area (Å²) in [5.74, 6) is -1.18. The number of hydrogen-bond acceptors (Lipinski definition) is 5. The molecule has 0 bridgehead atoms. The van der Waals surface area contributed by atoms with Gasteiger partial charge in [-0.15, -0.1) is 22.7 Å². The van der Waals surface area contributed by atoms with E-state index in [4.69, 9.17) is 5.11 Å². The molecule has 1 aliphatic carbocycles. The zero-order valence-electron chi connectivity index (χ0n) is 10.4. The predicted octanol–water partition coefficient (Wildman–Crippen LogP) is 3.49. The van der Waals surface area contributed by atoms with Gasteiger partial charge in [-0.3, -0.25) is 4.79 Å². The molecule has 2 aromatic heterocycles. The Morgan fingerprint density at radius 1 is 1.63 bits per heavy atom. The first-order chi connectivity index (χ1) is 9.15. The molecule has 2 atom stereocenters. The van der Waals surface area contributed by atoms with Crippen molar-refractivity contribution in [2.24, 2.45) is 0 Å². The molecule has 0 fully saturated rings. The molecular weight excluding hydrogens is 280 g/mol. The fourth-order valence-electron chi connectivity index (χ4n) is 2.32. The standard InChI is InChI=1S/C13H14N2O2S2/c1-7(9-3-2-6-18-9)14-13-15-11-8(12(16)17)4-5-10(11)19-13/h2-3,6-8H,4-5H2,1H3,(H,14,15)(H,16,17). The molecule has 2 heterocycles. The van der Waals surface area contributed by atoms with E-state index in [9.17, 15) is 4.79 Å². The summed E-state index contributed by atoms with van der Waals surface area (Å²) in [6.45, 7) is 2.09. The second kappa shape index (κ2) is 4.94. The van der Waals surface area contributed by atoms with E-state index in [0.717, 1.165) is 22.1 Å². The smallest absolute Gasteiger partial charge is 0.312 e. The number of aryl methyl sites for hydroxylation is 1. The van der Waals surface area contributed by atoms with Gasteiger partial charge < -0.3 is 10.4 Å². The van der Waals surface area contributed by atoms with Crippen molar-refractivity contribution in [3.63, 3.8) is 0 Å². The number of aliphatic carboxylic acids is 1. The van der Waals surface area contributed by atoms with Crippen molar-refractivity contribution >= 4 is 33.8 Å². The van der Waals surface area contributed by atoms with E-state index in [-0.39, 0.29) is 6.04 Å². The minimum atomic E-state index is -0.762. The third-order valence-electron chi connectivity index (χ3n) is 3.33. The molecule has 100 valence electrons. The molecule has 0 spiro atoms. The van der Waals surface area contributed by atoms with Gasteiger partial charge in [0, 0.05) is 9.75 Å². The lowest BCUT2D eigenvalue weighted by molar-refractivity contribution is -0.138. The lowest BCUT2D eigenvalue weighted by atomic mass is 10.1. The van der Waals surface area contributed by atoms with Crippen molar-refractivity contribution in [1.29, 1.82) is 0 Å². The number of nitrogens with zero attached hydrogens (tertiary/aromatic N) is 1. The highest BCUT2D eigenvalue weighted by molar-refractivity contribution is 7.15. The molecular formula is C13H14N2O2S2. The van der Waals surface area contributed by atoms with Gasteiger partial charge in [0.05, 0.1) is 11.7 Å². The number of carboxylic acids is 1. The summed E-state index contributed by atoms with van der Waals surface area (Å²) in [6.07, 6.45) is 1.52. The molecule has 0 saturated heterocycles. The maximum atomic E-state index is 11.1. The number of anilines is 1. The Kier molecular flexibility index (Phi) is 3.28. The van der Waals surface area contributed by atoms with Crippen molar-refractivity contribution in [2.75, 3.05) is 5.32 Å². The van der Waals surface area contributed by atoms with Crippen LogP contribution >= 0.6 is 22.7 Å². The number of thiophene rings is 1. The highest BCUT2D eigenvalue weighted by atomic mass is 32.1. The third kappa shape index (κ3) is 2.37. The van der Waals surface area contributed by atoms with Crippen LogP contribution in [0, 0.1) is 0 Å². The predicted molar refractivity (Wildman–Crippen MR) is 77.2 cm³/mol. The molecule has 3 rings (SSSR count). The Labute approximate surface area is 119 Å². The van der Waals surface area contributed by atoms with Crippen LogP contribution in [-0.2, 0) is 11.2 Å². The summed E-state index contributed by atoms with van der Waals surface area (Å²) in [4.78, 5) is 18.0. The summed E-state index contributed by atoms with van der Waals surface area (Å²) < 4.78 is 0. The van der Waals surface area contributed by atoms with Crippen LogP contribution in [0.4, 0.5) is 5.13 Å². The first-order valence-electron chi connectivity index (χ1n) is 6.17. The second-order valence-electron chi connectivity index (χ2n) is 4.64. The fraction of sp³-hybridized carbons (Fsp3) is 0.385. The highest BCUT2D eigenvalue weighted by Gasteiger charge is 2.32. The van der Waals surface area contributed by atoms with Gasteiger partial charge in [-0.05, 0) is 31.2 Å².